The van der Waals surface area contributed by atoms with Crippen LogP contribution in [0.5, 0.6) is 5.75 Å². The highest BCUT2D eigenvalue weighted by Gasteiger charge is 2.34. The number of halogens is 1. The number of thiazole rings is 1. The topological polar surface area (TPSA) is 77.3 Å². The smallest absolute Gasteiger partial charge is 0.313 e. The molecule has 0 amide bonds. The first kappa shape index (κ1) is 14.7. The van der Waals surface area contributed by atoms with Gasteiger partial charge in [-0.2, -0.15) is 0 Å². The molecule has 1 heterocycles. The average molecular weight is 323 g/mol. The van der Waals surface area contributed by atoms with Gasteiger partial charge >= 0.3 is 5.69 Å². The van der Waals surface area contributed by atoms with Crippen LogP contribution in [0.2, 0.25) is 0 Å². The lowest BCUT2D eigenvalue weighted by Gasteiger charge is -2.18. The number of ether oxygens (including phenoxy) is 1. The molecule has 0 radical (unpaired) electrons. The molecular formula is C14H14FN3O3S. The largest absolute Gasteiger partial charge is 0.490 e. The van der Waals surface area contributed by atoms with Gasteiger partial charge in [-0.25, -0.2) is 9.37 Å². The molecule has 0 bridgehead atoms. The molecule has 0 saturated heterocycles. The summed E-state index contributed by atoms with van der Waals surface area (Å²) in [7, 11) is 1.32. The Morgan fingerprint density at radius 1 is 1.55 bits per heavy atom. The Labute approximate surface area is 130 Å². The van der Waals surface area contributed by atoms with Crippen molar-refractivity contribution in [2.75, 3.05) is 12.4 Å². The fourth-order valence-electron chi connectivity index (χ4n) is 2.33. The normalized spacial score (nSPS) is 15.4. The summed E-state index contributed by atoms with van der Waals surface area (Å²) in [4.78, 5) is 14.5. The van der Waals surface area contributed by atoms with Crippen LogP contribution in [0, 0.1) is 21.8 Å². The highest BCUT2D eigenvalue weighted by molar-refractivity contribution is 7.09. The van der Waals surface area contributed by atoms with Crippen molar-refractivity contribution < 1.29 is 14.1 Å². The third-order valence-electron chi connectivity index (χ3n) is 3.59. The van der Waals surface area contributed by atoms with Gasteiger partial charge in [-0.3, -0.25) is 10.1 Å². The van der Waals surface area contributed by atoms with Crippen molar-refractivity contribution in [1.82, 2.24) is 4.98 Å². The molecule has 1 aliphatic carbocycles. The maximum Gasteiger partial charge on any atom is 0.313 e. The van der Waals surface area contributed by atoms with Gasteiger partial charge in [0.05, 0.1) is 29.8 Å². The lowest BCUT2D eigenvalue weighted by atomic mass is 10.1. The number of hydrogen-bond acceptors (Lipinski definition) is 6. The molecule has 0 aliphatic heterocycles. The summed E-state index contributed by atoms with van der Waals surface area (Å²) in [6.07, 6.45) is 3.83. The lowest BCUT2D eigenvalue weighted by molar-refractivity contribution is -0.385. The maximum atomic E-state index is 14.2. The van der Waals surface area contributed by atoms with Crippen LogP contribution < -0.4 is 10.1 Å². The van der Waals surface area contributed by atoms with E-state index < -0.39 is 10.7 Å². The van der Waals surface area contributed by atoms with Crippen LogP contribution in [0.1, 0.15) is 23.9 Å². The highest BCUT2D eigenvalue weighted by Crippen LogP contribution is 2.44. The van der Waals surface area contributed by atoms with Crippen molar-refractivity contribution in [2.24, 2.45) is 5.92 Å². The number of hydrogen-bond donors (Lipinski definition) is 1. The lowest BCUT2D eigenvalue weighted by Crippen LogP contribution is -2.14. The Morgan fingerprint density at radius 3 is 2.86 bits per heavy atom. The van der Waals surface area contributed by atoms with Crippen LogP contribution in [0.4, 0.5) is 15.8 Å². The van der Waals surface area contributed by atoms with Crippen LogP contribution in [-0.2, 0) is 0 Å². The van der Waals surface area contributed by atoms with Crippen molar-refractivity contribution in [3.05, 3.63) is 44.6 Å². The molecule has 2 aromatic rings. The second-order valence-corrected chi connectivity index (χ2v) is 6.02. The van der Waals surface area contributed by atoms with E-state index in [0.29, 0.717) is 5.92 Å². The Hall–Kier alpha value is -2.22. The van der Waals surface area contributed by atoms with Crippen molar-refractivity contribution in [2.45, 2.75) is 18.9 Å². The predicted octanol–water partition coefficient (Wildman–Crippen LogP) is 3.76. The van der Waals surface area contributed by atoms with E-state index in [1.807, 2.05) is 5.38 Å². The molecule has 1 N–H and O–H groups in total. The van der Waals surface area contributed by atoms with Crippen LogP contribution in [0.25, 0.3) is 0 Å². The van der Waals surface area contributed by atoms with E-state index in [1.54, 1.807) is 6.20 Å². The molecule has 22 heavy (non-hydrogen) atoms. The molecule has 1 fully saturated rings. The quantitative estimate of drug-likeness (QED) is 0.647. The minimum Gasteiger partial charge on any atom is -0.490 e. The number of nitro groups is 1. The summed E-state index contributed by atoms with van der Waals surface area (Å²) >= 11 is 1.51. The summed E-state index contributed by atoms with van der Waals surface area (Å²) in [6, 6.07) is 2.13. The molecule has 1 aromatic carbocycles. The number of methoxy groups -OCH3 is 1. The van der Waals surface area contributed by atoms with Crippen LogP contribution in [0.3, 0.4) is 0 Å². The Kier molecular flexibility index (Phi) is 3.93. The molecule has 1 saturated carbocycles. The van der Waals surface area contributed by atoms with Crippen molar-refractivity contribution in [1.29, 1.82) is 0 Å². The highest BCUT2D eigenvalue weighted by atomic mass is 32.1. The van der Waals surface area contributed by atoms with E-state index in [1.165, 1.54) is 24.5 Å². The van der Waals surface area contributed by atoms with Gasteiger partial charge in [0.1, 0.15) is 5.01 Å². The number of nitrogens with zero attached hydrogens (tertiary/aromatic N) is 2. The van der Waals surface area contributed by atoms with Gasteiger partial charge in [0.2, 0.25) is 0 Å². The second kappa shape index (κ2) is 5.88. The zero-order valence-electron chi connectivity index (χ0n) is 11.8. The predicted molar refractivity (Wildman–Crippen MR) is 80.8 cm³/mol. The summed E-state index contributed by atoms with van der Waals surface area (Å²) < 4.78 is 19.2. The number of nitrogens with one attached hydrogen (secondary N) is 1. The molecule has 8 heteroatoms. The summed E-state index contributed by atoms with van der Waals surface area (Å²) in [5.74, 6) is -0.232. The molecule has 1 aromatic heterocycles. The first-order valence-corrected chi connectivity index (χ1v) is 7.66. The van der Waals surface area contributed by atoms with E-state index in [2.05, 4.69) is 10.3 Å². The first-order chi connectivity index (χ1) is 10.6. The summed E-state index contributed by atoms with van der Waals surface area (Å²) in [5, 5.41) is 16.8. The van der Waals surface area contributed by atoms with E-state index in [0.717, 1.165) is 23.9 Å². The van der Waals surface area contributed by atoms with E-state index >= 15 is 0 Å². The molecule has 0 spiro atoms. The van der Waals surface area contributed by atoms with Gasteiger partial charge in [0, 0.05) is 17.6 Å². The van der Waals surface area contributed by atoms with Gasteiger partial charge in [-0.1, -0.05) is 0 Å². The van der Waals surface area contributed by atoms with Crippen molar-refractivity contribution >= 4 is 22.7 Å². The fraction of sp³-hybridized carbons (Fsp3) is 0.357. The van der Waals surface area contributed by atoms with Gasteiger partial charge < -0.3 is 10.1 Å². The molecule has 1 aliphatic rings. The van der Waals surface area contributed by atoms with Crippen molar-refractivity contribution in [3.63, 3.8) is 0 Å². The Morgan fingerprint density at radius 2 is 2.32 bits per heavy atom. The first-order valence-electron chi connectivity index (χ1n) is 6.78. The summed E-state index contributed by atoms with van der Waals surface area (Å²) in [6.45, 7) is 0. The number of nitro benzene ring substituents is 1. The zero-order valence-corrected chi connectivity index (χ0v) is 12.6. The Bertz CT molecular complexity index is 689. The molecular weight excluding hydrogens is 309 g/mol. The van der Waals surface area contributed by atoms with Gasteiger partial charge in [-0.15, -0.1) is 11.3 Å². The number of rotatable bonds is 6. The fourth-order valence-corrected chi connectivity index (χ4v) is 3.11. The van der Waals surface area contributed by atoms with Gasteiger partial charge in [0.25, 0.3) is 0 Å². The number of anilines is 1. The van der Waals surface area contributed by atoms with E-state index in [9.17, 15) is 14.5 Å². The molecule has 116 valence electrons. The standard InChI is InChI=1S/C14H14FN3O3S/c1-21-12-7-10(9(15)6-11(12)18(19)20)17-13(8-2-3-8)14-16-4-5-22-14/h4-8,13,17H,2-3H2,1H3. The molecule has 1 unspecified atom stereocenters. The maximum absolute atomic E-state index is 14.2. The van der Waals surface area contributed by atoms with E-state index in [4.69, 9.17) is 4.74 Å². The monoisotopic (exact) mass is 323 g/mol. The van der Waals surface area contributed by atoms with Crippen LogP contribution in [0.15, 0.2) is 23.7 Å². The minimum atomic E-state index is -0.672. The third-order valence-corrected chi connectivity index (χ3v) is 4.45. The van der Waals surface area contributed by atoms with Crippen LogP contribution in [-0.4, -0.2) is 17.0 Å². The number of aromatic nitrogens is 1. The zero-order chi connectivity index (χ0) is 15.7. The van der Waals surface area contributed by atoms with Crippen LogP contribution >= 0.6 is 11.3 Å². The van der Waals surface area contributed by atoms with Crippen molar-refractivity contribution in [3.8, 4) is 5.75 Å². The Balaban J connectivity index is 1.92. The molecule has 3 rings (SSSR count). The van der Waals surface area contributed by atoms with Gasteiger partial charge in [0.15, 0.2) is 11.6 Å². The second-order valence-electron chi connectivity index (χ2n) is 5.09. The van der Waals surface area contributed by atoms with E-state index in [-0.39, 0.29) is 23.2 Å². The minimum absolute atomic E-state index is 0.0302. The number of benzene rings is 1. The average Bonchev–Trinajstić information content (AvgIpc) is 3.19. The molecule has 6 nitrogen and oxygen atoms in total. The SMILES string of the molecule is COc1cc(NC(c2nccs2)C2CC2)c(F)cc1[N+](=O)[O-]. The molecule has 1 atom stereocenters. The van der Waals surface area contributed by atoms with Gasteiger partial charge in [-0.05, 0) is 18.8 Å². The summed E-state index contributed by atoms with van der Waals surface area (Å²) in [5.41, 5.74) is -0.197. The third kappa shape index (κ3) is 2.87.